The molecule has 4 nitrogen and oxygen atoms in total. The molecule has 2 aromatic carbocycles. The lowest BCUT2D eigenvalue weighted by atomic mass is 10.1. The lowest BCUT2D eigenvalue weighted by Crippen LogP contribution is -3.00. The number of fused-ring (bicyclic) bond motifs is 1. The molecule has 0 aliphatic carbocycles. The molecule has 152 valence electrons. The summed E-state index contributed by atoms with van der Waals surface area (Å²) in [6, 6.07) is 10.6. The van der Waals surface area contributed by atoms with Crippen molar-refractivity contribution in [2.24, 2.45) is 0 Å². The van der Waals surface area contributed by atoms with Crippen molar-refractivity contribution in [3.63, 3.8) is 0 Å². The van der Waals surface area contributed by atoms with Crippen molar-refractivity contribution in [2.45, 2.75) is 25.9 Å². The van der Waals surface area contributed by atoms with E-state index in [4.69, 9.17) is 46.4 Å². The predicted octanol–water partition coefficient (Wildman–Crippen LogP) is 2.65. The lowest BCUT2D eigenvalue weighted by molar-refractivity contribution is -0.690. The Hall–Kier alpha value is -1.43. The first-order valence-corrected chi connectivity index (χ1v) is 10.3. The smallest absolute Gasteiger partial charge is 0.266 e. The van der Waals surface area contributed by atoms with E-state index in [0.29, 0.717) is 25.8 Å². The fourth-order valence-electron chi connectivity index (χ4n) is 3.46. The minimum atomic E-state index is -0.135. The summed E-state index contributed by atoms with van der Waals surface area (Å²) in [6.07, 6.45) is 3.95. The standard InChI is InChI=1S/C20H15Cl4N3O.ClH/c21-14-5-3-12(8-16(14)23)18-10-26(20-2-1-7-27(18)20)11-19(28)25-13-4-6-15(22)17(24)9-13;/h3-6,8-10H,1-2,7,11H2;1H. The fourth-order valence-corrected chi connectivity index (χ4v) is 4.06. The van der Waals surface area contributed by atoms with E-state index in [1.54, 1.807) is 24.3 Å². The lowest BCUT2D eigenvalue weighted by Gasteiger charge is -2.05. The molecule has 1 N–H and O–H groups in total. The summed E-state index contributed by atoms with van der Waals surface area (Å²) >= 11 is 24.2. The number of halogens is 5. The van der Waals surface area contributed by atoms with E-state index >= 15 is 0 Å². The summed E-state index contributed by atoms with van der Waals surface area (Å²) in [7, 11) is 0. The molecule has 0 fully saturated rings. The van der Waals surface area contributed by atoms with Crippen LogP contribution in [0.4, 0.5) is 5.69 Å². The number of rotatable bonds is 4. The first kappa shape index (κ1) is 22.3. The number of hydrogen-bond donors (Lipinski definition) is 1. The highest BCUT2D eigenvalue weighted by molar-refractivity contribution is 6.42. The topological polar surface area (TPSA) is 37.9 Å². The Labute approximate surface area is 194 Å². The van der Waals surface area contributed by atoms with Crippen LogP contribution in [0.15, 0.2) is 42.6 Å². The molecular weight excluding hydrogens is 476 g/mol. The Kier molecular flexibility index (Phi) is 7.02. The summed E-state index contributed by atoms with van der Waals surface area (Å²) in [6.45, 7) is 1.11. The molecule has 0 saturated heterocycles. The maximum absolute atomic E-state index is 12.6. The van der Waals surface area contributed by atoms with Crippen LogP contribution in [0.2, 0.25) is 20.1 Å². The minimum absolute atomic E-state index is 0. The number of carbonyl (C=O) groups is 1. The Morgan fingerprint density at radius 3 is 2.38 bits per heavy atom. The van der Waals surface area contributed by atoms with Gasteiger partial charge in [-0.15, -0.1) is 0 Å². The Balaban J connectivity index is 0.00000240. The molecule has 3 aromatic rings. The van der Waals surface area contributed by atoms with Crippen LogP contribution in [0.3, 0.4) is 0 Å². The molecule has 0 atom stereocenters. The number of nitrogens with one attached hydrogen (secondary N) is 1. The monoisotopic (exact) mass is 489 g/mol. The van der Waals surface area contributed by atoms with E-state index in [1.807, 2.05) is 22.9 Å². The van der Waals surface area contributed by atoms with E-state index in [9.17, 15) is 4.79 Å². The highest BCUT2D eigenvalue weighted by Crippen LogP contribution is 2.30. The summed E-state index contributed by atoms with van der Waals surface area (Å²) in [4.78, 5) is 12.6. The molecule has 4 rings (SSSR count). The third kappa shape index (κ3) is 4.68. The quantitative estimate of drug-likeness (QED) is 0.560. The third-order valence-electron chi connectivity index (χ3n) is 4.73. The van der Waals surface area contributed by atoms with Crippen LogP contribution in [0, 0.1) is 0 Å². The Morgan fingerprint density at radius 2 is 1.69 bits per heavy atom. The van der Waals surface area contributed by atoms with Gasteiger partial charge in [0.15, 0.2) is 12.2 Å². The maximum Gasteiger partial charge on any atom is 0.266 e. The van der Waals surface area contributed by atoms with Gasteiger partial charge in [0, 0.05) is 11.3 Å². The van der Waals surface area contributed by atoms with Crippen LogP contribution in [-0.4, -0.2) is 10.5 Å². The number of imidazole rings is 1. The van der Waals surface area contributed by atoms with E-state index in [-0.39, 0.29) is 24.9 Å². The normalized spacial score (nSPS) is 12.4. The van der Waals surface area contributed by atoms with Crippen molar-refractivity contribution in [3.05, 3.63) is 68.5 Å². The Morgan fingerprint density at radius 1 is 1.00 bits per heavy atom. The number of nitrogens with zero attached hydrogens (tertiary/aromatic N) is 2. The average Bonchev–Trinajstić information content (AvgIpc) is 3.25. The van der Waals surface area contributed by atoms with Crippen LogP contribution >= 0.6 is 46.4 Å². The van der Waals surface area contributed by atoms with Gasteiger partial charge in [0.2, 0.25) is 0 Å². The fraction of sp³-hybridized carbons (Fsp3) is 0.200. The van der Waals surface area contributed by atoms with E-state index in [0.717, 1.165) is 36.5 Å². The van der Waals surface area contributed by atoms with Gasteiger partial charge in [-0.3, -0.25) is 4.79 Å². The molecule has 0 spiro atoms. The molecule has 0 unspecified atom stereocenters. The van der Waals surface area contributed by atoms with Gasteiger partial charge in [-0.2, -0.15) is 0 Å². The molecule has 9 heteroatoms. The van der Waals surface area contributed by atoms with Crippen LogP contribution in [0.5, 0.6) is 0 Å². The molecule has 29 heavy (non-hydrogen) atoms. The molecule has 0 bridgehead atoms. The molecule has 1 amide bonds. The van der Waals surface area contributed by atoms with Crippen LogP contribution in [0.1, 0.15) is 12.2 Å². The van der Waals surface area contributed by atoms with Gasteiger partial charge in [0.25, 0.3) is 11.7 Å². The molecular formula is C20H16Cl5N3O. The van der Waals surface area contributed by atoms with Gasteiger partial charge in [0.1, 0.15) is 6.20 Å². The van der Waals surface area contributed by atoms with E-state index < -0.39 is 0 Å². The van der Waals surface area contributed by atoms with Crippen LogP contribution in [0.25, 0.3) is 11.3 Å². The zero-order valence-corrected chi connectivity index (χ0v) is 18.8. The first-order chi connectivity index (χ1) is 13.4. The minimum Gasteiger partial charge on any atom is -1.00 e. The second kappa shape index (κ2) is 9.15. The van der Waals surface area contributed by atoms with Crippen molar-refractivity contribution < 1.29 is 21.8 Å². The van der Waals surface area contributed by atoms with Crippen molar-refractivity contribution in [2.75, 3.05) is 5.32 Å². The summed E-state index contributed by atoms with van der Waals surface area (Å²) in [5.41, 5.74) is 2.61. The van der Waals surface area contributed by atoms with Crippen molar-refractivity contribution in [1.82, 2.24) is 4.57 Å². The highest BCUT2D eigenvalue weighted by atomic mass is 35.5. The number of anilines is 1. The largest absolute Gasteiger partial charge is 1.00 e. The van der Waals surface area contributed by atoms with Crippen molar-refractivity contribution >= 4 is 58.0 Å². The zero-order valence-electron chi connectivity index (χ0n) is 15.1. The SMILES string of the molecule is O=C(C[n+]1cc(-c2ccc(Cl)c(Cl)c2)n2c1CCC2)Nc1ccc(Cl)c(Cl)c1.[Cl-]. The number of hydrogen-bond acceptors (Lipinski definition) is 1. The molecule has 1 aromatic heterocycles. The summed E-state index contributed by atoms with van der Waals surface area (Å²) in [5.74, 6) is 0.981. The number of carbonyl (C=O) groups excluding carboxylic acids is 1. The second-order valence-electron chi connectivity index (χ2n) is 6.62. The van der Waals surface area contributed by atoms with Gasteiger partial charge in [-0.1, -0.05) is 46.4 Å². The van der Waals surface area contributed by atoms with Crippen LogP contribution in [-0.2, 0) is 24.3 Å². The van der Waals surface area contributed by atoms with E-state index in [1.165, 1.54) is 0 Å². The zero-order chi connectivity index (χ0) is 19.8. The molecule has 1 aliphatic heterocycles. The van der Waals surface area contributed by atoms with Gasteiger partial charge in [-0.05, 0) is 42.8 Å². The van der Waals surface area contributed by atoms with Crippen LogP contribution < -0.4 is 22.3 Å². The number of benzene rings is 2. The highest BCUT2D eigenvalue weighted by Gasteiger charge is 2.29. The first-order valence-electron chi connectivity index (χ1n) is 8.74. The van der Waals surface area contributed by atoms with Crippen molar-refractivity contribution in [1.29, 1.82) is 0 Å². The third-order valence-corrected chi connectivity index (χ3v) is 6.20. The van der Waals surface area contributed by atoms with Crippen molar-refractivity contribution in [3.8, 4) is 11.3 Å². The maximum atomic E-state index is 12.6. The molecule has 1 aliphatic rings. The van der Waals surface area contributed by atoms with E-state index in [2.05, 4.69) is 9.88 Å². The predicted molar refractivity (Wildman–Crippen MR) is 113 cm³/mol. The average molecular weight is 492 g/mol. The number of amides is 1. The summed E-state index contributed by atoms with van der Waals surface area (Å²) < 4.78 is 4.21. The Bertz CT molecular complexity index is 1080. The second-order valence-corrected chi connectivity index (χ2v) is 8.25. The molecule has 2 heterocycles. The number of aromatic nitrogens is 2. The van der Waals surface area contributed by atoms with Gasteiger partial charge >= 0.3 is 0 Å². The van der Waals surface area contributed by atoms with Gasteiger partial charge in [-0.25, -0.2) is 9.13 Å². The molecule has 0 saturated carbocycles. The summed E-state index contributed by atoms with van der Waals surface area (Å²) in [5, 5.41) is 4.75. The molecule has 0 radical (unpaired) electrons. The van der Waals surface area contributed by atoms with Gasteiger partial charge < -0.3 is 17.7 Å². The van der Waals surface area contributed by atoms with Gasteiger partial charge in [0.05, 0.1) is 33.1 Å².